The van der Waals surface area contributed by atoms with Gasteiger partial charge >= 0.3 is 0 Å². The van der Waals surface area contributed by atoms with Gasteiger partial charge in [0.1, 0.15) is 0 Å². The lowest BCUT2D eigenvalue weighted by atomic mass is 10.2. The van der Waals surface area contributed by atoms with Crippen LogP contribution in [0.25, 0.3) is 0 Å². The van der Waals surface area contributed by atoms with Crippen LogP contribution < -0.4 is 5.19 Å². The van der Waals surface area contributed by atoms with Crippen molar-refractivity contribution in [2.45, 2.75) is 18.5 Å². The number of hydrogen-bond acceptors (Lipinski definition) is 0. The topological polar surface area (TPSA) is 0 Å². The molecule has 1 heteroatoms. The number of benzene rings is 1. The Morgan fingerprint density at radius 3 is 2.45 bits per heavy atom. The summed E-state index contributed by atoms with van der Waals surface area (Å²) >= 11 is 0. The molecule has 1 aromatic carbocycles. The first-order valence-electron chi connectivity index (χ1n) is 4.29. The molecule has 0 unspecified atom stereocenters. The van der Waals surface area contributed by atoms with Gasteiger partial charge in [-0.1, -0.05) is 48.0 Å². The van der Waals surface area contributed by atoms with E-state index in [4.69, 9.17) is 0 Å². The fraction of sp³-hybridized carbons (Fsp3) is 0.300. The van der Waals surface area contributed by atoms with Crippen LogP contribution >= 0.6 is 0 Å². The molecule has 1 aliphatic heterocycles. The minimum absolute atomic E-state index is 0.461. The first kappa shape index (κ1) is 7.11. The monoisotopic (exact) mass is 161 g/mol. The van der Waals surface area contributed by atoms with Crippen LogP contribution in [0, 0.1) is 6.92 Å². The third-order valence-corrected chi connectivity index (χ3v) is 6.25. The van der Waals surface area contributed by atoms with E-state index in [2.05, 4.69) is 31.2 Å². The Labute approximate surface area is 69.9 Å². The minimum Gasteiger partial charge on any atom is -0.0631 e. The minimum atomic E-state index is -0.461. The molecule has 0 aromatic heterocycles. The van der Waals surface area contributed by atoms with Gasteiger partial charge in [-0.25, -0.2) is 0 Å². The van der Waals surface area contributed by atoms with E-state index in [1.165, 1.54) is 24.1 Å². The first-order chi connectivity index (χ1) is 5.38. The molecule has 0 atom stereocenters. The van der Waals surface area contributed by atoms with Gasteiger partial charge in [-0.3, -0.25) is 0 Å². The van der Waals surface area contributed by atoms with Crippen LogP contribution in [0.5, 0.6) is 0 Å². The fourth-order valence-corrected chi connectivity index (χ4v) is 4.09. The van der Waals surface area contributed by atoms with E-state index in [-0.39, 0.29) is 0 Å². The predicted octanol–water partition coefficient (Wildman–Crippen LogP) is 1.71. The summed E-state index contributed by atoms with van der Waals surface area (Å²) in [5.74, 6) is 0. The summed E-state index contributed by atoms with van der Waals surface area (Å²) in [6.45, 7) is 4.06. The van der Waals surface area contributed by atoms with Crippen LogP contribution in [-0.2, 0) is 0 Å². The van der Waals surface area contributed by atoms with Crippen molar-refractivity contribution in [3.8, 4) is 0 Å². The van der Waals surface area contributed by atoms with Gasteiger partial charge in [0.15, 0.2) is 0 Å². The van der Waals surface area contributed by atoms with Gasteiger partial charge in [0.25, 0.3) is 0 Å². The average Bonchev–Trinajstić information content (AvgIpc) is 1.90. The molecule has 0 saturated carbocycles. The second-order valence-corrected chi connectivity index (χ2v) is 6.50. The average molecular weight is 161 g/mol. The Kier molecular flexibility index (Phi) is 1.82. The van der Waals surface area contributed by atoms with Gasteiger partial charge in [-0.15, -0.1) is 0 Å². The van der Waals surface area contributed by atoms with Gasteiger partial charge in [0.05, 0.1) is 8.80 Å². The standard InChI is InChI=1S/C10H13Si/c1-9-5-2-3-6-10(9)11-7-4-8-11/h2-3,5-6,11H,1,4,7-8H2. The fourth-order valence-electron chi connectivity index (χ4n) is 1.65. The van der Waals surface area contributed by atoms with Gasteiger partial charge in [-0.2, -0.15) is 0 Å². The maximum absolute atomic E-state index is 4.06. The Morgan fingerprint density at radius 1 is 1.18 bits per heavy atom. The maximum atomic E-state index is 4.06. The summed E-state index contributed by atoms with van der Waals surface area (Å²) in [5, 5.41) is 1.61. The van der Waals surface area contributed by atoms with Crippen LogP contribution in [-0.4, -0.2) is 8.80 Å². The molecular weight excluding hydrogens is 148 g/mol. The molecule has 0 bridgehead atoms. The molecule has 1 radical (unpaired) electrons. The van der Waals surface area contributed by atoms with Crippen molar-refractivity contribution in [1.29, 1.82) is 0 Å². The van der Waals surface area contributed by atoms with Crippen LogP contribution in [0.4, 0.5) is 0 Å². The molecule has 0 spiro atoms. The van der Waals surface area contributed by atoms with E-state index in [0.717, 1.165) is 0 Å². The third kappa shape index (κ3) is 1.25. The zero-order valence-corrected chi connectivity index (χ0v) is 7.87. The lowest BCUT2D eigenvalue weighted by Crippen LogP contribution is -2.37. The van der Waals surface area contributed by atoms with E-state index >= 15 is 0 Å². The molecular formula is C10H13Si. The second-order valence-electron chi connectivity index (χ2n) is 3.33. The van der Waals surface area contributed by atoms with E-state index in [9.17, 15) is 0 Å². The zero-order chi connectivity index (χ0) is 7.68. The van der Waals surface area contributed by atoms with Gasteiger partial charge in [-0.05, 0) is 12.5 Å². The molecule has 57 valence electrons. The Morgan fingerprint density at radius 2 is 1.91 bits per heavy atom. The summed E-state index contributed by atoms with van der Waals surface area (Å²) in [5.41, 5.74) is 1.28. The first-order valence-corrected chi connectivity index (χ1v) is 6.50. The van der Waals surface area contributed by atoms with Gasteiger partial charge in [0.2, 0.25) is 0 Å². The molecule has 1 aromatic rings. The van der Waals surface area contributed by atoms with E-state index in [0.29, 0.717) is 0 Å². The van der Waals surface area contributed by atoms with Crippen LogP contribution in [0.3, 0.4) is 0 Å². The highest BCUT2D eigenvalue weighted by molar-refractivity contribution is 6.76. The van der Waals surface area contributed by atoms with Crippen molar-refractivity contribution in [3.63, 3.8) is 0 Å². The molecule has 1 aliphatic rings. The molecule has 0 N–H and O–H groups in total. The lowest BCUT2D eigenvalue weighted by Gasteiger charge is -2.25. The van der Waals surface area contributed by atoms with Crippen molar-refractivity contribution < 1.29 is 0 Å². The molecule has 1 fully saturated rings. The van der Waals surface area contributed by atoms with E-state index in [1.807, 2.05) is 0 Å². The highest BCUT2D eigenvalue weighted by Gasteiger charge is 2.21. The predicted molar refractivity (Wildman–Crippen MR) is 51.9 cm³/mol. The highest BCUT2D eigenvalue weighted by Crippen LogP contribution is 2.20. The van der Waals surface area contributed by atoms with Crippen LogP contribution in [0.1, 0.15) is 12.0 Å². The SMILES string of the molecule is [CH2]c1ccccc1[SiH]1CCC1. The van der Waals surface area contributed by atoms with Crippen LogP contribution in [0.15, 0.2) is 24.3 Å². The van der Waals surface area contributed by atoms with E-state index < -0.39 is 8.80 Å². The van der Waals surface area contributed by atoms with Crippen molar-refractivity contribution in [1.82, 2.24) is 0 Å². The van der Waals surface area contributed by atoms with Crippen molar-refractivity contribution in [2.75, 3.05) is 0 Å². The number of hydrogen-bond donors (Lipinski definition) is 0. The molecule has 11 heavy (non-hydrogen) atoms. The molecule has 1 saturated heterocycles. The Hall–Kier alpha value is -0.563. The summed E-state index contributed by atoms with van der Waals surface area (Å²) in [6.07, 6.45) is 1.46. The maximum Gasteiger partial charge on any atom is 0.0711 e. The molecule has 0 nitrogen and oxygen atoms in total. The molecule has 0 amide bonds. The largest absolute Gasteiger partial charge is 0.0711 e. The Bertz CT molecular complexity index is 251. The normalized spacial score (nSPS) is 17.9. The van der Waals surface area contributed by atoms with Crippen molar-refractivity contribution in [3.05, 3.63) is 36.8 Å². The van der Waals surface area contributed by atoms with Crippen LogP contribution in [0.2, 0.25) is 12.1 Å². The summed E-state index contributed by atoms with van der Waals surface area (Å²) in [6, 6.07) is 11.7. The van der Waals surface area contributed by atoms with Gasteiger partial charge < -0.3 is 0 Å². The van der Waals surface area contributed by atoms with Crippen molar-refractivity contribution >= 4 is 14.0 Å². The molecule has 0 aliphatic carbocycles. The lowest BCUT2D eigenvalue weighted by molar-refractivity contribution is 0.950. The van der Waals surface area contributed by atoms with E-state index in [1.54, 1.807) is 5.19 Å². The molecule has 2 rings (SSSR count). The quantitative estimate of drug-likeness (QED) is 0.550. The highest BCUT2D eigenvalue weighted by atomic mass is 28.3. The smallest absolute Gasteiger partial charge is 0.0631 e. The summed E-state index contributed by atoms with van der Waals surface area (Å²) in [4.78, 5) is 0. The second kappa shape index (κ2) is 2.82. The van der Waals surface area contributed by atoms with Gasteiger partial charge in [0, 0.05) is 0 Å². The third-order valence-electron chi connectivity index (χ3n) is 2.60. The summed E-state index contributed by atoms with van der Waals surface area (Å²) < 4.78 is 0. The summed E-state index contributed by atoms with van der Waals surface area (Å²) in [7, 11) is -0.461. The molecule has 1 heterocycles. The number of rotatable bonds is 1. The zero-order valence-electron chi connectivity index (χ0n) is 6.72. The Balaban J connectivity index is 2.28. The van der Waals surface area contributed by atoms with Crippen molar-refractivity contribution in [2.24, 2.45) is 0 Å².